The first-order valence-electron chi connectivity index (χ1n) is 8.84. The van der Waals surface area contributed by atoms with Gasteiger partial charge in [0.2, 0.25) is 0 Å². The summed E-state index contributed by atoms with van der Waals surface area (Å²) in [6.07, 6.45) is 1.63. The van der Waals surface area contributed by atoms with Crippen LogP contribution in [0.25, 0.3) is 6.08 Å². The summed E-state index contributed by atoms with van der Waals surface area (Å²) in [5.74, 6) is -0.104. The average Bonchev–Trinajstić information content (AvgIpc) is 2.76. The lowest BCUT2D eigenvalue weighted by Gasteiger charge is -2.12. The van der Waals surface area contributed by atoms with Gasteiger partial charge in [-0.1, -0.05) is 46.3 Å². The molecular formula is C23H19BrN2O3. The second-order valence-corrected chi connectivity index (χ2v) is 7.03. The first-order valence-corrected chi connectivity index (χ1v) is 9.63. The smallest absolute Gasteiger partial charge is 0.272 e. The lowest BCUT2D eigenvalue weighted by atomic mass is 10.1. The zero-order chi connectivity index (χ0) is 20.6. The third-order valence-corrected chi connectivity index (χ3v) is 4.59. The summed E-state index contributed by atoms with van der Waals surface area (Å²) in [6.45, 7) is 0. The van der Waals surface area contributed by atoms with Crippen LogP contribution in [0.2, 0.25) is 0 Å². The van der Waals surface area contributed by atoms with E-state index in [1.165, 1.54) is 0 Å². The van der Waals surface area contributed by atoms with Crippen LogP contribution in [0.4, 0.5) is 5.69 Å². The Morgan fingerprint density at radius 2 is 1.55 bits per heavy atom. The van der Waals surface area contributed by atoms with Gasteiger partial charge >= 0.3 is 0 Å². The molecule has 0 aliphatic rings. The number of hydrogen-bond acceptors (Lipinski definition) is 3. The van der Waals surface area contributed by atoms with Gasteiger partial charge in [-0.25, -0.2) is 0 Å². The van der Waals surface area contributed by atoms with Crippen molar-refractivity contribution < 1.29 is 14.3 Å². The van der Waals surface area contributed by atoms with E-state index in [0.29, 0.717) is 17.0 Å². The molecule has 0 heterocycles. The summed E-state index contributed by atoms with van der Waals surface area (Å²) in [5.41, 5.74) is 1.97. The van der Waals surface area contributed by atoms with Crippen LogP contribution in [0.1, 0.15) is 15.9 Å². The van der Waals surface area contributed by atoms with Gasteiger partial charge in [0, 0.05) is 15.7 Å². The molecule has 0 bridgehead atoms. The molecular weight excluding hydrogens is 432 g/mol. The number of nitrogens with one attached hydrogen (secondary N) is 2. The number of carbonyl (C=O) groups is 2. The van der Waals surface area contributed by atoms with Crippen molar-refractivity contribution in [1.82, 2.24) is 5.32 Å². The summed E-state index contributed by atoms with van der Waals surface area (Å²) >= 11 is 3.39. The van der Waals surface area contributed by atoms with Crippen LogP contribution in [-0.4, -0.2) is 18.9 Å². The van der Waals surface area contributed by atoms with Crippen LogP contribution < -0.4 is 15.4 Å². The summed E-state index contributed by atoms with van der Waals surface area (Å²) in [7, 11) is 1.58. The second kappa shape index (κ2) is 9.71. The quantitative estimate of drug-likeness (QED) is 0.526. The van der Waals surface area contributed by atoms with Crippen molar-refractivity contribution in [2.45, 2.75) is 0 Å². The Kier molecular flexibility index (Phi) is 6.81. The Balaban J connectivity index is 1.85. The summed E-state index contributed by atoms with van der Waals surface area (Å²) in [6, 6.07) is 23.1. The highest BCUT2D eigenvalue weighted by atomic mass is 79.9. The maximum atomic E-state index is 12.9. The largest absolute Gasteiger partial charge is 0.497 e. The fourth-order valence-corrected chi connectivity index (χ4v) is 2.81. The minimum absolute atomic E-state index is 0.136. The fraction of sp³-hybridized carbons (Fsp3) is 0.0435. The number of ether oxygens (including phenoxy) is 1. The minimum Gasteiger partial charge on any atom is -0.497 e. The van der Waals surface area contributed by atoms with Gasteiger partial charge in [0.25, 0.3) is 11.8 Å². The first-order chi connectivity index (χ1) is 14.0. The monoisotopic (exact) mass is 450 g/mol. The third kappa shape index (κ3) is 5.80. The highest BCUT2D eigenvalue weighted by molar-refractivity contribution is 9.10. The molecule has 0 atom stereocenters. The van der Waals surface area contributed by atoms with Crippen molar-refractivity contribution in [1.29, 1.82) is 0 Å². The molecule has 0 aromatic heterocycles. The molecule has 3 aromatic carbocycles. The Bertz CT molecular complexity index is 1010. The summed E-state index contributed by atoms with van der Waals surface area (Å²) < 4.78 is 6.05. The van der Waals surface area contributed by atoms with E-state index in [4.69, 9.17) is 4.74 Å². The number of halogens is 1. The molecule has 146 valence electrons. The Morgan fingerprint density at radius 1 is 0.897 bits per heavy atom. The van der Waals surface area contributed by atoms with Crippen molar-refractivity contribution in [3.05, 3.63) is 100 Å². The van der Waals surface area contributed by atoms with E-state index in [9.17, 15) is 9.59 Å². The van der Waals surface area contributed by atoms with E-state index in [0.717, 1.165) is 10.0 Å². The van der Waals surface area contributed by atoms with Crippen molar-refractivity contribution in [2.24, 2.45) is 0 Å². The van der Waals surface area contributed by atoms with E-state index in [1.807, 2.05) is 30.3 Å². The maximum absolute atomic E-state index is 12.9. The first kappa shape index (κ1) is 20.4. The molecule has 2 N–H and O–H groups in total. The maximum Gasteiger partial charge on any atom is 0.272 e. The van der Waals surface area contributed by atoms with E-state index in [2.05, 4.69) is 26.6 Å². The summed E-state index contributed by atoms with van der Waals surface area (Å²) in [4.78, 5) is 25.5. The molecule has 5 nitrogen and oxygen atoms in total. The highest BCUT2D eigenvalue weighted by Crippen LogP contribution is 2.17. The van der Waals surface area contributed by atoms with Gasteiger partial charge in [0.15, 0.2) is 0 Å². The zero-order valence-corrected chi connectivity index (χ0v) is 17.3. The van der Waals surface area contributed by atoms with Gasteiger partial charge in [-0.3, -0.25) is 9.59 Å². The van der Waals surface area contributed by atoms with Crippen molar-refractivity contribution >= 4 is 39.5 Å². The van der Waals surface area contributed by atoms with Crippen LogP contribution in [0, 0.1) is 0 Å². The van der Waals surface area contributed by atoms with Crippen LogP contribution in [-0.2, 0) is 4.79 Å². The highest BCUT2D eigenvalue weighted by Gasteiger charge is 2.15. The number of amides is 2. The van der Waals surface area contributed by atoms with Crippen LogP contribution in [0.5, 0.6) is 5.75 Å². The fourth-order valence-electron chi connectivity index (χ4n) is 2.54. The topological polar surface area (TPSA) is 67.4 Å². The van der Waals surface area contributed by atoms with Gasteiger partial charge in [0.05, 0.1) is 7.11 Å². The van der Waals surface area contributed by atoms with Gasteiger partial charge in [-0.2, -0.15) is 0 Å². The third-order valence-electron chi connectivity index (χ3n) is 4.06. The van der Waals surface area contributed by atoms with E-state index >= 15 is 0 Å². The second-order valence-electron chi connectivity index (χ2n) is 6.11. The van der Waals surface area contributed by atoms with Crippen molar-refractivity contribution in [2.75, 3.05) is 12.4 Å². The van der Waals surface area contributed by atoms with Crippen LogP contribution >= 0.6 is 15.9 Å². The number of rotatable bonds is 6. The molecule has 0 fully saturated rings. The molecule has 3 rings (SSSR count). The minimum atomic E-state index is -0.428. The molecule has 3 aromatic rings. The van der Waals surface area contributed by atoms with Crippen molar-refractivity contribution in [3.63, 3.8) is 0 Å². The number of carbonyl (C=O) groups excluding carboxylic acids is 2. The van der Waals surface area contributed by atoms with Crippen LogP contribution in [0.3, 0.4) is 0 Å². The Hall–Kier alpha value is -3.38. The number of hydrogen-bond donors (Lipinski definition) is 2. The molecule has 0 spiro atoms. The van der Waals surface area contributed by atoms with E-state index in [1.54, 1.807) is 61.7 Å². The molecule has 6 heteroatoms. The molecule has 0 radical (unpaired) electrons. The predicted molar refractivity (Wildman–Crippen MR) is 118 cm³/mol. The molecule has 2 amide bonds. The average molecular weight is 451 g/mol. The normalized spacial score (nSPS) is 10.9. The van der Waals surface area contributed by atoms with Gasteiger partial charge in [-0.15, -0.1) is 0 Å². The summed E-state index contributed by atoms with van der Waals surface area (Å²) in [5, 5.41) is 5.51. The SMILES string of the molecule is COc1ccc(NC(=O)/C(=C/c2ccc(Br)cc2)NC(=O)c2ccccc2)cc1. The molecule has 29 heavy (non-hydrogen) atoms. The molecule has 0 unspecified atom stereocenters. The number of benzene rings is 3. The van der Waals surface area contributed by atoms with Gasteiger partial charge in [0.1, 0.15) is 11.4 Å². The van der Waals surface area contributed by atoms with Gasteiger partial charge < -0.3 is 15.4 Å². The Labute approximate surface area is 177 Å². The molecule has 0 saturated heterocycles. The lowest BCUT2D eigenvalue weighted by Crippen LogP contribution is -2.30. The molecule has 0 aliphatic carbocycles. The standard InChI is InChI=1S/C23H19BrN2O3/c1-29-20-13-11-19(12-14-20)25-23(28)21(15-16-7-9-18(24)10-8-16)26-22(27)17-5-3-2-4-6-17/h2-15H,1H3,(H,25,28)(H,26,27)/b21-15-. The molecule has 0 aliphatic heterocycles. The van der Waals surface area contributed by atoms with Gasteiger partial charge in [-0.05, 0) is 60.2 Å². The van der Waals surface area contributed by atoms with Crippen molar-refractivity contribution in [3.8, 4) is 5.75 Å². The zero-order valence-electron chi connectivity index (χ0n) is 15.7. The molecule has 0 saturated carbocycles. The van der Waals surface area contributed by atoms with E-state index in [-0.39, 0.29) is 11.6 Å². The number of methoxy groups -OCH3 is 1. The predicted octanol–water partition coefficient (Wildman–Crippen LogP) is 4.87. The lowest BCUT2D eigenvalue weighted by molar-refractivity contribution is -0.113. The van der Waals surface area contributed by atoms with E-state index < -0.39 is 5.91 Å². The Morgan fingerprint density at radius 3 is 2.17 bits per heavy atom. The van der Waals surface area contributed by atoms with Crippen LogP contribution in [0.15, 0.2) is 89.0 Å². The number of anilines is 1.